The summed E-state index contributed by atoms with van der Waals surface area (Å²) in [4.78, 5) is 14.1. The summed E-state index contributed by atoms with van der Waals surface area (Å²) in [7, 11) is 1.63. The Labute approximate surface area is 126 Å². The van der Waals surface area contributed by atoms with Crippen molar-refractivity contribution in [3.8, 4) is 5.75 Å². The third-order valence-corrected chi connectivity index (χ3v) is 4.45. The van der Waals surface area contributed by atoms with Crippen LogP contribution < -0.4 is 4.74 Å². The van der Waals surface area contributed by atoms with E-state index < -0.39 is 11.5 Å². The number of rotatable bonds is 5. The van der Waals surface area contributed by atoms with Gasteiger partial charge in [-0.1, -0.05) is 25.0 Å². The molecule has 1 aliphatic rings. The molecular formula is C17H25NO3. The van der Waals surface area contributed by atoms with E-state index in [1.165, 1.54) is 12.8 Å². The van der Waals surface area contributed by atoms with E-state index in [0.29, 0.717) is 6.42 Å². The highest BCUT2D eigenvalue weighted by molar-refractivity contribution is 5.78. The van der Waals surface area contributed by atoms with Gasteiger partial charge >= 0.3 is 5.97 Å². The van der Waals surface area contributed by atoms with E-state index in [0.717, 1.165) is 37.2 Å². The fourth-order valence-electron chi connectivity index (χ4n) is 3.07. The van der Waals surface area contributed by atoms with E-state index in [1.807, 2.05) is 31.2 Å². The Kier molecular flexibility index (Phi) is 5.23. The third kappa shape index (κ3) is 3.76. The molecule has 1 heterocycles. The second-order valence-electron chi connectivity index (χ2n) is 6.01. The van der Waals surface area contributed by atoms with Gasteiger partial charge in [0, 0.05) is 6.42 Å². The van der Waals surface area contributed by atoms with E-state index in [4.69, 9.17) is 4.74 Å². The minimum atomic E-state index is -0.850. The number of aliphatic carboxylic acids is 1. The number of hydrogen-bond acceptors (Lipinski definition) is 3. The second-order valence-corrected chi connectivity index (χ2v) is 6.01. The first-order chi connectivity index (χ1) is 10.1. The van der Waals surface area contributed by atoms with Gasteiger partial charge in [0.2, 0.25) is 0 Å². The van der Waals surface area contributed by atoms with Crippen LogP contribution in [0.1, 0.15) is 38.2 Å². The molecule has 1 aliphatic heterocycles. The van der Waals surface area contributed by atoms with Crippen LogP contribution in [0.4, 0.5) is 0 Å². The van der Waals surface area contributed by atoms with E-state index in [-0.39, 0.29) is 0 Å². The number of methoxy groups -OCH3 is 1. The smallest absolute Gasteiger partial charge is 0.324 e. The molecule has 1 unspecified atom stereocenters. The van der Waals surface area contributed by atoms with Crippen LogP contribution in [0.25, 0.3) is 0 Å². The van der Waals surface area contributed by atoms with Gasteiger partial charge in [0.15, 0.2) is 0 Å². The molecular weight excluding hydrogens is 266 g/mol. The van der Waals surface area contributed by atoms with Crippen molar-refractivity contribution in [2.45, 2.75) is 44.6 Å². The summed E-state index contributed by atoms with van der Waals surface area (Å²) in [6, 6.07) is 7.70. The predicted molar refractivity (Wildman–Crippen MR) is 82.8 cm³/mol. The first-order valence-electron chi connectivity index (χ1n) is 7.67. The molecule has 1 atom stereocenters. The van der Waals surface area contributed by atoms with E-state index >= 15 is 0 Å². The van der Waals surface area contributed by atoms with Gasteiger partial charge in [0.05, 0.1) is 7.11 Å². The van der Waals surface area contributed by atoms with Crippen LogP contribution in [-0.2, 0) is 11.2 Å². The summed E-state index contributed by atoms with van der Waals surface area (Å²) in [5.41, 5.74) is 0.153. The predicted octanol–water partition coefficient (Wildman–Crippen LogP) is 2.96. The lowest BCUT2D eigenvalue weighted by Gasteiger charge is -2.37. The molecule has 0 aliphatic carbocycles. The zero-order chi connectivity index (χ0) is 15.3. The monoisotopic (exact) mass is 291 g/mol. The van der Waals surface area contributed by atoms with E-state index in [2.05, 4.69) is 4.90 Å². The van der Waals surface area contributed by atoms with Crippen LogP contribution in [0.3, 0.4) is 0 Å². The Morgan fingerprint density at radius 1 is 1.29 bits per heavy atom. The van der Waals surface area contributed by atoms with Gasteiger partial charge in [-0.15, -0.1) is 0 Å². The van der Waals surface area contributed by atoms with Crippen LogP contribution >= 0.6 is 0 Å². The topological polar surface area (TPSA) is 49.8 Å². The molecule has 4 nitrogen and oxygen atoms in total. The largest absolute Gasteiger partial charge is 0.497 e. The van der Waals surface area contributed by atoms with Crippen molar-refractivity contribution in [3.63, 3.8) is 0 Å². The first-order valence-corrected chi connectivity index (χ1v) is 7.67. The molecule has 0 spiro atoms. The summed E-state index contributed by atoms with van der Waals surface area (Å²) >= 11 is 0. The maximum atomic E-state index is 11.9. The Morgan fingerprint density at radius 2 is 1.95 bits per heavy atom. The average molecular weight is 291 g/mol. The van der Waals surface area contributed by atoms with Gasteiger partial charge in [-0.05, 0) is 50.6 Å². The molecule has 21 heavy (non-hydrogen) atoms. The van der Waals surface area contributed by atoms with Crippen LogP contribution in [0.5, 0.6) is 5.75 Å². The van der Waals surface area contributed by atoms with Gasteiger partial charge in [0.25, 0.3) is 0 Å². The highest BCUT2D eigenvalue weighted by Crippen LogP contribution is 2.26. The Balaban J connectivity index is 2.22. The maximum absolute atomic E-state index is 11.9. The number of carboxylic acid groups (broad SMARTS) is 1. The molecule has 116 valence electrons. The van der Waals surface area contributed by atoms with E-state index in [1.54, 1.807) is 7.11 Å². The number of carbonyl (C=O) groups is 1. The lowest BCUT2D eigenvalue weighted by molar-refractivity contribution is -0.150. The molecule has 2 rings (SSSR count). The molecule has 0 amide bonds. The fourth-order valence-corrected chi connectivity index (χ4v) is 3.07. The minimum absolute atomic E-state index is 0.500. The van der Waals surface area contributed by atoms with Crippen molar-refractivity contribution in [2.75, 3.05) is 20.2 Å². The number of likely N-dealkylation sites (tertiary alicyclic amines) is 1. The number of carboxylic acids is 1. The van der Waals surface area contributed by atoms with Crippen molar-refractivity contribution in [3.05, 3.63) is 29.8 Å². The lowest BCUT2D eigenvalue weighted by atomic mass is 9.90. The average Bonchev–Trinajstić information content (AvgIpc) is 2.76. The van der Waals surface area contributed by atoms with E-state index in [9.17, 15) is 9.90 Å². The number of nitrogens with zero attached hydrogens (tertiary/aromatic N) is 1. The highest BCUT2D eigenvalue weighted by atomic mass is 16.5. The molecule has 4 heteroatoms. The summed E-state index contributed by atoms with van der Waals surface area (Å²) in [6.07, 6.45) is 5.07. The zero-order valence-electron chi connectivity index (χ0n) is 13.0. The molecule has 1 aromatic carbocycles. The first kappa shape index (κ1) is 15.8. The number of benzene rings is 1. The van der Waals surface area contributed by atoms with Crippen molar-refractivity contribution in [1.29, 1.82) is 0 Å². The maximum Gasteiger partial charge on any atom is 0.324 e. The summed E-state index contributed by atoms with van der Waals surface area (Å²) < 4.78 is 5.23. The van der Waals surface area contributed by atoms with Gasteiger partial charge in [-0.25, -0.2) is 0 Å². The summed E-state index contributed by atoms with van der Waals surface area (Å²) in [6.45, 7) is 3.58. The molecule has 0 radical (unpaired) electrons. The zero-order valence-corrected chi connectivity index (χ0v) is 13.0. The lowest BCUT2D eigenvalue weighted by Crippen LogP contribution is -2.54. The molecule has 1 fully saturated rings. The second kappa shape index (κ2) is 6.94. The normalized spacial score (nSPS) is 19.5. The van der Waals surface area contributed by atoms with Crippen molar-refractivity contribution >= 4 is 5.97 Å². The minimum Gasteiger partial charge on any atom is -0.497 e. The summed E-state index contributed by atoms with van der Waals surface area (Å²) in [5.74, 6) is 0.0309. The molecule has 1 N–H and O–H groups in total. The fraction of sp³-hybridized carbons (Fsp3) is 0.588. The quantitative estimate of drug-likeness (QED) is 0.906. The van der Waals surface area contributed by atoms with Gasteiger partial charge in [-0.3, -0.25) is 9.69 Å². The van der Waals surface area contributed by atoms with Crippen LogP contribution in [0.15, 0.2) is 24.3 Å². The molecule has 0 bridgehead atoms. The number of hydrogen-bond donors (Lipinski definition) is 1. The van der Waals surface area contributed by atoms with Crippen molar-refractivity contribution in [1.82, 2.24) is 4.90 Å². The Bertz CT molecular complexity index is 481. The molecule has 0 aromatic heterocycles. The SMILES string of the molecule is COc1cccc(CC(C)(C(=O)O)N2CCCCCC2)c1. The summed E-state index contributed by atoms with van der Waals surface area (Å²) in [5, 5.41) is 9.79. The Morgan fingerprint density at radius 3 is 2.52 bits per heavy atom. The molecule has 1 aromatic rings. The van der Waals surface area contributed by atoms with Crippen molar-refractivity contribution in [2.24, 2.45) is 0 Å². The number of ether oxygens (including phenoxy) is 1. The molecule has 1 saturated heterocycles. The van der Waals surface area contributed by atoms with Crippen LogP contribution in [-0.4, -0.2) is 41.7 Å². The standard InChI is InChI=1S/C17H25NO3/c1-17(16(19)20,18-10-5-3-4-6-11-18)13-14-8-7-9-15(12-14)21-2/h7-9,12H,3-6,10-11,13H2,1-2H3,(H,19,20). The third-order valence-electron chi connectivity index (χ3n) is 4.45. The molecule has 0 saturated carbocycles. The van der Waals surface area contributed by atoms with Crippen molar-refractivity contribution < 1.29 is 14.6 Å². The Hall–Kier alpha value is -1.55. The van der Waals surface area contributed by atoms with Gasteiger partial charge in [-0.2, -0.15) is 0 Å². The van der Waals surface area contributed by atoms with Crippen LogP contribution in [0, 0.1) is 0 Å². The van der Waals surface area contributed by atoms with Gasteiger partial charge < -0.3 is 9.84 Å². The van der Waals surface area contributed by atoms with Crippen LogP contribution in [0.2, 0.25) is 0 Å². The highest BCUT2D eigenvalue weighted by Gasteiger charge is 2.39. The van der Waals surface area contributed by atoms with Gasteiger partial charge in [0.1, 0.15) is 11.3 Å².